The van der Waals surface area contributed by atoms with E-state index in [1.54, 1.807) is 8.61 Å². The lowest BCUT2D eigenvalue weighted by Gasteiger charge is -2.40. The van der Waals surface area contributed by atoms with Gasteiger partial charge in [-0.3, -0.25) is 0 Å². The SMILES string of the molecule is CCCNCC1CCCCN1S(=O)(=O)N1CCC(C)CC1. The molecule has 2 rings (SSSR count). The van der Waals surface area contributed by atoms with Gasteiger partial charge in [-0.2, -0.15) is 17.0 Å². The van der Waals surface area contributed by atoms with Crippen molar-refractivity contribution in [2.45, 2.75) is 58.4 Å². The lowest BCUT2D eigenvalue weighted by Crippen LogP contribution is -2.54. The minimum atomic E-state index is -3.27. The third-order valence-electron chi connectivity index (χ3n) is 4.75. The quantitative estimate of drug-likeness (QED) is 0.760. The van der Waals surface area contributed by atoms with Crippen LogP contribution >= 0.6 is 0 Å². The molecule has 0 aromatic carbocycles. The molecular weight excluding hydrogens is 286 g/mol. The summed E-state index contributed by atoms with van der Waals surface area (Å²) in [6.07, 6.45) is 6.19. The molecule has 5 nitrogen and oxygen atoms in total. The van der Waals surface area contributed by atoms with Crippen LogP contribution < -0.4 is 5.32 Å². The molecule has 2 aliphatic rings. The van der Waals surface area contributed by atoms with Crippen LogP contribution in [0.4, 0.5) is 0 Å². The maximum absolute atomic E-state index is 12.9. The molecule has 2 heterocycles. The average molecular weight is 317 g/mol. The molecule has 0 saturated carbocycles. The lowest BCUT2D eigenvalue weighted by atomic mass is 10.0. The molecule has 0 aliphatic carbocycles. The van der Waals surface area contributed by atoms with Crippen LogP contribution in [0.3, 0.4) is 0 Å². The Morgan fingerprint density at radius 2 is 1.81 bits per heavy atom. The van der Waals surface area contributed by atoms with Crippen molar-refractivity contribution in [1.29, 1.82) is 0 Å². The van der Waals surface area contributed by atoms with Crippen molar-refractivity contribution in [1.82, 2.24) is 13.9 Å². The summed E-state index contributed by atoms with van der Waals surface area (Å²) in [5.74, 6) is 0.653. The molecule has 0 radical (unpaired) electrons. The molecule has 0 bridgehead atoms. The first-order chi connectivity index (χ1) is 10.1. The average Bonchev–Trinajstić information content (AvgIpc) is 2.48. The van der Waals surface area contributed by atoms with Crippen LogP contribution in [0.5, 0.6) is 0 Å². The van der Waals surface area contributed by atoms with Crippen LogP contribution in [0.2, 0.25) is 0 Å². The lowest BCUT2D eigenvalue weighted by molar-refractivity contribution is 0.210. The molecule has 0 aromatic rings. The topological polar surface area (TPSA) is 52.7 Å². The zero-order valence-corrected chi connectivity index (χ0v) is 14.4. The normalized spacial score (nSPS) is 27.0. The maximum Gasteiger partial charge on any atom is 0.282 e. The predicted molar refractivity (Wildman–Crippen MR) is 86.4 cm³/mol. The number of nitrogens with one attached hydrogen (secondary N) is 1. The minimum absolute atomic E-state index is 0.134. The summed E-state index contributed by atoms with van der Waals surface area (Å²) in [5.41, 5.74) is 0. The van der Waals surface area contributed by atoms with E-state index in [4.69, 9.17) is 0 Å². The number of nitrogens with zero attached hydrogens (tertiary/aromatic N) is 2. The van der Waals surface area contributed by atoms with Crippen molar-refractivity contribution in [2.24, 2.45) is 5.92 Å². The number of piperidine rings is 2. The third-order valence-corrected chi connectivity index (χ3v) is 6.84. The van der Waals surface area contributed by atoms with Gasteiger partial charge in [-0.15, -0.1) is 0 Å². The van der Waals surface area contributed by atoms with Crippen LogP contribution in [-0.4, -0.2) is 55.8 Å². The Morgan fingerprint density at radius 1 is 1.10 bits per heavy atom. The highest BCUT2D eigenvalue weighted by Gasteiger charge is 2.37. The smallest absolute Gasteiger partial charge is 0.282 e. The van der Waals surface area contributed by atoms with Gasteiger partial charge in [0.15, 0.2) is 0 Å². The fourth-order valence-electron chi connectivity index (χ4n) is 3.29. The fraction of sp³-hybridized carbons (Fsp3) is 1.00. The van der Waals surface area contributed by atoms with E-state index in [9.17, 15) is 8.42 Å². The van der Waals surface area contributed by atoms with Crippen molar-refractivity contribution in [3.05, 3.63) is 0 Å². The summed E-state index contributed by atoms with van der Waals surface area (Å²) in [6.45, 7) is 8.17. The predicted octanol–water partition coefficient (Wildman–Crippen LogP) is 1.82. The second kappa shape index (κ2) is 7.90. The Labute approximate surface area is 130 Å². The summed E-state index contributed by atoms with van der Waals surface area (Å²) in [7, 11) is -3.27. The zero-order chi connectivity index (χ0) is 15.3. The van der Waals surface area contributed by atoms with Gasteiger partial charge < -0.3 is 5.32 Å². The number of hydrogen-bond donors (Lipinski definition) is 1. The minimum Gasteiger partial charge on any atom is -0.315 e. The van der Waals surface area contributed by atoms with Crippen molar-refractivity contribution in [3.63, 3.8) is 0 Å². The summed E-state index contributed by atoms with van der Waals surface area (Å²) in [6, 6.07) is 0.134. The monoisotopic (exact) mass is 317 g/mol. The largest absolute Gasteiger partial charge is 0.315 e. The maximum atomic E-state index is 12.9. The molecular formula is C15H31N3O2S. The zero-order valence-electron chi connectivity index (χ0n) is 13.6. The van der Waals surface area contributed by atoms with Gasteiger partial charge in [0.05, 0.1) is 0 Å². The second-order valence-corrected chi connectivity index (χ2v) is 8.43. The van der Waals surface area contributed by atoms with Gasteiger partial charge in [-0.05, 0) is 44.6 Å². The molecule has 1 atom stereocenters. The molecule has 21 heavy (non-hydrogen) atoms. The Hall–Kier alpha value is -0.170. The van der Waals surface area contributed by atoms with Crippen molar-refractivity contribution < 1.29 is 8.42 Å². The highest BCUT2D eigenvalue weighted by atomic mass is 32.2. The molecule has 0 spiro atoms. The Bertz CT molecular complexity index is 405. The van der Waals surface area contributed by atoms with E-state index in [1.807, 2.05) is 0 Å². The molecule has 2 aliphatic heterocycles. The van der Waals surface area contributed by atoms with E-state index in [2.05, 4.69) is 19.2 Å². The molecule has 1 unspecified atom stereocenters. The summed E-state index contributed by atoms with van der Waals surface area (Å²) < 4.78 is 29.3. The molecule has 6 heteroatoms. The van der Waals surface area contributed by atoms with E-state index < -0.39 is 10.2 Å². The van der Waals surface area contributed by atoms with Crippen LogP contribution in [0.15, 0.2) is 0 Å². The van der Waals surface area contributed by atoms with Crippen molar-refractivity contribution in [2.75, 3.05) is 32.7 Å². The number of hydrogen-bond acceptors (Lipinski definition) is 3. The van der Waals surface area contributed by atoms with E-state index >= 15 is 0 Å². The second-order valence-electron chi connectivity index (χ2n) is 6.55. The van der Waals surface area contributed by atoms with E-state index in [-0.39, 0.29) is 6.04 Å². The molecule has 0 amide bonds. The van der Waals surface area contributed by atoms with Gasteiger partial charge >= 0.3 is 0 Å². The van der Waals surface area contributed by atoms with Gasteiger partial charge in [0, 0.05) is 32.2 Å². The van der Waals surface area contributed by atoms with Gasteiger partial charge in [0.2, 0.25) is 0 Å². The van der Waals surface area contributed by atoms with Crippen molar-refractivity contribution >= 4 is 10.2 Å². The highest BCUT2D eigenvalue weighted by molar-refractivity contribution is 7.86. The standard InChI is InChI=1S/C15H31N3O2S/c1-3-9-16-13-15-6-4-5-10-18(15)21(19,20)17-11-7-14(2)8-12-17/h14-16H,3-13H2,1-2H3. The highest BCUT2D eigenvalue weighted by Crippen LogP contribution is 2.26. The van der Waals surface area contributed by atoms with Gasteiger partial charge in [-0.1, -0.05) is 20.3 Å². The van der Waals surface area contributed by atoms with Gasteiger partial charge in [-0.25, -0.2) is 0 Å². The molecule has 124 valence electrons. The summed E-state index contributed by atoms with van der Waals surface area (Å²) >= 11 is 0. The molecule has 1 N–H and O–H groups in total. The van der Waals surface area contributed by atoms with Crippen LogP contribution in [0, 0.1) is 5.92 Å². The number of rotatable bonds is 6. The molecule has 2 saturated heterocycles. The van der Waals surface area contributed by atoms with Crippen LogP contribution in [0.25, 0.3) is 0 Å². The van der Waals surface area contributed by atoms with Gasteiger partial charge in [0.1, 0.15) is 0 Å². The van der Waals surface area contributed by atoms with E-state index in [1.165, 1.54) is 0 Å². The molecule has 0 aromatic heterocycles. The van der Waals surface area contributed by atoms with Gasteiger partial charge in [0.25, 0.3) is 10.2 Å². The Morgan fingerprint density at radius 3 is 2.48 bits per heavy atom. The van der Waals surface area contributed by atoms with E-state index in [0.29, 0.717) is 25.6 Å². The van der Waals surface area contributed by atoms with E-state index in [0.717, 1.165) is 51.6 Å². The molecule has 2 fully saturated rings. The third kappa shape index (κ3) is 4.41. The van der Waals surface area contributed by atoms with Crippen molar-refractivity contribution in [3.8, 4) is 0 Å². The first kappa shape index (κ1) is 17.2. The Balaban J connectivity index is 2.01. The first-order valence-electron chi connectivity index (χ1n) is 8.53. The first-order valence-corrected chi connectivity index (χ1v) is 9.93. The summed E-state index contributed by atoms with van der Waals surface area (Å²) in [4.78, 5) is 0. The van der Waals surface area contributed by atoms with Crippen LogP contribution in [-0.2, 0) is 10.2 Å². The summed E-state index contributed by atoms with van der Waals surface area (Å²) in [5, 5.41) is 3.39. The Kier molecular flexibility index (Phi) is 6.47. The fourth-order valence-corrected chi connectivity index (χ4v) is 5.18. The van der Waals surface area contributed by atoms with Crippen LogP contribution in [0.1, 0.15) is 52.4 Å².